The average molecular weight is 391 g/mol. The normalized spacial score (nSPS) is 10.5. The number of rotatable bonds is 8. The van der Waals surface area contributed by atoms with Gasteiger partial charge in [-0.2, -0.15) is 0 Å². The van der Waals surface area contributed by atoms with Gasteiger partial charge in [0.05, 0.1) is 35.8 Å². The lowest BCUT2D eigenvalue weighted by molar-refractivity contribution is 0.102. The number of amides is 1. The molecule has 0 saturated carbocycles. The summed E-state index contributed by atoms with van der Waals surface area (Å²) in [5.74, 6) is 1.19. The Labute approximate surface area is 170 Å². The van der Waals surface area contributed by atoms with Gasteiger partial charge >= 0.3 is 0 Å². The summed E-state index contributed by atoms with van der Waals surface area (Å²) in [6.07, 6.45) is 3.33. The minimum Gasteiger partial charge on any atom is -0.492 e. The molecule has 150 valence electrons. The van der Waals surface area contributed by atoms with E-state index in [0.717, 1.165) is 11.4 Å². The smallest absolute Gasteiger partial charge is 0.257 e. The maximum absolute atomic E-state index is 12.7. The van der Waals surface area contributed by atoms with Crippen molar-refractivity contribution in [3.8, 4) is 11.5 Å². The fourth-order valence-corrected chi connectivity index (χ4v) is 2.73. The van der Waals surface area contributed by atoms with Crippen LogP contribution in [0.4, 0.5) is 17.1 Å². The van der Waals surface area contributed by atoms with Crippen molar-refractivity contribution in [2.24, 2.45) is 0 Å². The van der Waals surface area contributed by atoms with Crippen LogP contribution in [0, 0.1) is 0 Å². The van der Waals surface area contributed by atoms with Crippen LogP contribution < -0.4 is 20.1 Å². The molecule has 0 aliphatic carbocycles. The largest absolute Gasteiger partial charge is 0.492 e. The number of ether oxygens (including phenoxy) is 2. The summed E-state index contributed by atoms with van der Waals surface area (Å²) in [7, 11) is 0. The van der Waals surface area contributed by atoms with E-state index < -0.39 is 0 Å². The predicted octanol–water partition coefficient (Wildman–Crippen LogP) is 5.26. The Morgan fingerprint density at radius 1 is 1.03 bits per heavy atom. The van der Waals surface area contributed by atoms with Crippen molar-refractivity contribution in [3.63, 3.8) is 0 Å². The zero-order valence-electron chi connectivity index (χ0n) is 16.8. The molecule has 0 radical (unpaired) electrons. The number of nitrogens with zero attached hydrogens (tertiary/aromatic N) is 1. The Morgan fingerprint density at radius 3 is 2.52 bits per heavy atom. The molecule has 1 amide bonds. The SMILES string of the molecule is CCOc1ccccc1NC(=O)c1cncc(Nc2ccc(OC(C)C)cc2)c1. The number of pyridine rings is 1. The number of carbonyl (C=O) groups is 1. The molecule has 29 heavy (non-hydrogen) atoms. The molecule has 3 aromatic rings. The molecule has 1 aromatic heterocycles. The monoisotopic (exact) mass is 391 g/mol. The van der Waals surface area contributed by atoms with Gasteiger partial charge in [0.2, 0.25) is 0 Å². The fraction of sp³-hybridized carbons (Fsp3) is 0.217. The van der Waals surface area contributed by atoms with Crippen molar-refractivity contribution in [3.05, 3.63) is 72.6 Å². The zero-order valence-corrected chi connectivity index (χ0v) is 16.8. The van der Waals surface area contributed by atoms with E-state index in [1.807, 2.05) is 63.2 Å². The first-order chi connectivity index (χ1) is 14.0. The second-order valence-corrected chi connectivity index (χ2v) is 6.66. The third-order valence-electron chi connectivity index (χ3n) is 3.95. The average Bonchev–Trinajstić information content (AvgIpc) is 2.71. The molecule has 2 N–H and O–H groups in total. The van der Waals surface area contributed by atoms with Crippen LogP contribution in [0.5, 0.6) is 11.5 Å². The first-order valence-corrected chi connectivity index (χ1v) is 9.57. The van der Waals surface area contributed by atoms with Crippen LogP contribution in [0.1, 0.15) is 31.1 Å². The first-order valence-electron chi connectivity index (χ1n) is 9.57. The van der Waals surface area contributed by atoms with Crippen LogP contribution in [0.2, 0.25) is 0 Å². The van der Waals surface area contributed by atoms with Gasteiger partial charge in [-0.05, 0) is 63.2 Å². The van der Waals surface area contributed by atoms with E-state index in [4.69, 9.17) is 9.47 Å². The summed E-state index contributed by atoms with van der Waals surface area (Å²) >= 11 is 0. The van der Waals surface area contributed by atoms with Gasteiger partial charge in [0.1, 0.15) is 11.5 Å². The Balaban J connectivity index is 1.70. The molecule has 0 unspecified atom stereocenters. The fourth-order valence-electron chi connectivity index (χ4n) is 2.73. The quantitative estimate of drug-likeness (QED) is 0.548. The second-order valence-electron chi connectivity index (χ2n) is 6.66. The number of benzene rings is 2. The molecule has 0 bridgehead atoms. The second kappa shape index (κ2) is 9.59. The molecule has 0 aliphatic heterocycles. The lowest BCUT2D eigenvalue weighted by Gasteiger charge is -2.12. The van der Waals surface area contributed by atoms with Crippen molar-refractivity contribution in [1.82, 2.24) is 4.98 Å². The van der Waals surface area contributed by atoms with Crippen molar-refractivity contribution < 1.29 is 14.3 Å². The van der Waals surface area contributed by atoms with E-state index in [1.165, 1.54) is 6.20 Å². The van der Waals surface area contributed by atoms with Crippen LogP contribution in [0.25, 0.3) is 0 Å². The Kier molecular flexibility index (Phi) is 6.68. The first kappa shape index (κ1) is 20.2. The van der Waals surface area contributed by atoms with E-state index >= 15 is 0 Å². The molecular formula is C23H25N3O3. The summed E-state index contributed by atoms with van der Waals surface area (Å²) in [4.78, 5) is 16.9. The van der Waals surface area contributed by atoms with E-state index in [0.29, 0.717) is 29.3 Å². The summed E-state index contributed by atoms with van der Waals surface area (Å²) in [5.41, 5.74) is 2.66. The van der Waals surface area contributed by atoms with Gasteiger partial charge in [0.25, 0.3) is 5.91 Å². The Hall–Kier alpha value is -3.54. The van der Waals surface area contributed by atoms with Gasteiger partial charge < -0.3 is 20.1 Å². The highest BCUT2D eigenvalue weighted by molar-refractivity contribution is 6.05. The summed E-state index contributed by atoms with van der Waals surface area (Å²) in [5, 5.41) is 6.13. The van der Waals surface area contributed by atoms with Crippen LogP contribution in [-0.4, -0.2) is 23.6 Å². The molecule has 2 aromatic carbocycles. The minimum atomic E-state index is -0.256. The van der Waals surface area contributed by atoms with Crippen molar-refractivity contribution >= 4 is 23.0 Å². The summed E-state index contributed by atoms with van der Waals surface area (Å²) < 4.78 is 11.2. The van der Waals surface area contributed by atoms with Crippen molar-refractivity contribution in [1.29, 1.82) is 0 Å². The number of carbonyl (C=O) groups excluding carboxylic acids is 1. The summed E-state index contributed by atoms with van der Waals surface area (Å²) in [6, 6.07) is 16.7. The van der Waals surface area contributed by atoms with Gasteiger partial charge in [0, 0.05) is 11.9 Å². The third kappa shape index (κ3) is 5.72. The molecule has 1 heterocycles. The lowest BCUT2D eigenvalue weighted by atomic mass is 10.2. The van der Waals surface area contributed by atoms with Crippen LogP contribution in [-0.2, 0) is 0 Å². The van der Waals surface area contributed by atoms with Gasteiger partial charge in [-0.3, -0.25) is 9.78 Å². The van der Waals surface area contributed by atoms with E-state index in [2.05, 4.69) is 15.6 Å². The molecule has 0 spiro atoms. The number of hydrogen-bond acceptors (Lipinski definition) is 5. The molecule has 0 aliphatic rings. The van der Waals surface area contributed by atoms with Crippen LogP contribution in [0.3, 0.4) is 0 Å². The maximum Gasteiger partial charge on any atom is 0.257 e. The molecule has 0 fully saturated rings. The highest BCUT2D eigenvalue weighted by atomic mass is 16.5. The maximum atomic E-state index is 12.7. The van der Waals surface area contributed by atoms with Gasteiger partial charge in [0.15, 0.2) is 0 Å². The van der Waals surface area contributed by atoms with Crippen molar-refractivity contribution in [2.45, 2.75) is 26.9 Å². The lowest BCUT2D eigenvalue weighted by Crippen LogP contribution is -2.13. The molecular weight excluding hydrogens is 366 g/mol. The molecule has 0 saturated heterocycles. The van der Waals surface area contributed by atoms with E-state index in [1.54, 1.807) is 18.3 Å². The standard InChI is InChI=1S/C23H25N3O3/c1-4-28-22-8-6-5-7-21(22)26-23(27)17-13-19(15-24-14-17)25-18-9-11-20(12-10-18)29-16(2)3/h5-16,25H,4H2,1-3H3,(H,26,27). The number of aromatic nitrogens is 1. The summed E-state index contributed by atoms with van der Waals surface area (Å²) in [6.45, 7) is 6.40. The number of nitrogens with one attached hydrogen (secondary N) is 2. The number of anilines is 3. The van der Waals surface area contributed by atoms with Gasteiger partial charge in [-0.15, -0.1) is 0 Å². The predicted molar refractivity (Wildman–Crippen MR) is 115 cm³/mol. The third-order valence-corrected chi connectivity index (χ3v) is 3.95. The Bertz CT molecular complexity index is 956. The van der Waals surface area contributed by atoms with Crippen LogP contribution >= 0.6 is 0 Å². The highest BCUT2D eigenvalue weighted by Gasteiger charge is 2.11. The Morgan fingerprint density at radius 2 is 1.79 bits per heavy atom. The topological polar surface area (TPSA) is 72.5 Å². The van der Waals surface area contributed by atoms with E-state index in [-0.39, 0.29) is 12.0 Å². The van der Waals surface area contributed by atoms with Gasteiger partial charge in [-0.1, -0.05) is 12.1 Å². The molecule has 6 heteroatoms. The number of hydrogen-bond donors (Lipinski definition) is 2. The highest BCUT2D eigenvalue weighted by Crippen LogP contribution is 2.25. The molecule has 0 atom stereocenters. The van der Waals surface area contributed by atoms with Crippen LogP contribution in [0.15, 0.2) is 67.0 Å². The van der Waals surface area contributed by atoms with E-state index in [9.17, 15) is 4.79 Å². The van der Waals surface area contributed by atoms with Crippen molar-refractivity contribution in [2.75, 3.05) is 17.2 Å². The number of para-hydroxylation sites is 2. The zero-order chi connectivity index (χ0) is 20.6. The molecule has 3 rings (SSSR count). The van der Waals surface area contributed by atoms with Gasteiger partial charge in [-0.25, -0.2) is 0 Å². The molecule has 6 nitrogen and oxygen atoms in total. The minimum absolute atomic E-state index is 0.126.